The Balaban J connectivity index is 2.53. The average Bonchev–Trinajstić information content (AvgIpc) is 2.25. The van der Waals surface area contributed by atoms with Gasteiger partial charge in [-0.25, -0.2) is 0 Å². The van der Waals surface area contributed by atoms with Crippen molar-refractivity contribution in [3.63, 3.8) is 0 Å². The van der Waals surface area contributed by atoms with Crippen LogP contribution in [0.3, 0.4) is 0 Å². The maximum absolute atomic E-state index is 11.7. The van der Waals surface area contributed by atoms with Crippen molar-refractivity contribution in [2.45, 2.75) is 54.4 Å². The van der Waals surface area contributed by atoms with Crippen LogP contribution in [0.4, 0.5) is 0 Å². The minimum atomic E-state index is 0.176. The van der Waals surface area contributed by atoms with Crippen LogP contribution in [-0.2, 0) is 4.79 Å². The molecule has 1 unspecified atom stereocenters. The van der Waals surface area contributed by atoms with E-state index in [9.17, 15) is 4.79 Å². The van der Waals surface area contributed by atoms with E-state index in [0.717, 1.165) is 12.8 Å². The first-order chi connectivity index (χ1) is 7.69. The molecule has 17 heavy (non-hydrogen) atoms. The van der Waals surface area contributed by atoms with Crippen molar-refractivity contribution in [2.24, 2.45) is 28.6 Å². The predicted octanol–water partition coefficient (Wildman–Crippen LogP) is 4.23. The Bertz CT molecular complexity index is 373. The molecule has 0 aromatic heterocycles. The molecule has 0 aromatic rings. The van der Waals surface area contributed by atoms with Crippen molar-refractivity contribution in [3.05, 3.63) is 11.6 Å². The first-order valence-corrected chi connectivity index (χ1v) is 6.94. The van der Waals surface area contributed by atoms with Crippen LogP contribution in [0.5, 0.6) is 0 Å². The van der Waals surface area contributed by atoms with Gasteiger partial charge in [0.25, 0.3) is 0 Å². The molecule has 0 amide bonds. The average molecular weight is 234 g/mol. The first kappa shape index (κ1) is 12.9. The van der Waals surface area contributed by atoms with Crippen molar-refractivity contribution < 1.29 is 4.79 Å². The molecule has 2 aliphatic rings. The summed E-state index contributed by atoms with van der Waals surface area (Å²) in [5.74, 6) is 2.27. The van der Waals surface area contributed by atoms with Crippen LogP contribution in [0.25, 0.3) is 0 Å². The van der Waals surface area contributed by atoms with Gasteiger partial charge in [0.2, 0.25) is 0 Å². The summed E-state index contributed by atoms with van der Waals surface area (Å²) in [6.07, 6.45) is 3.77. The van der Waals surface area contributed by atoms with Crippen LogP contribution >= 0.6 is 0 Å². The van der Waals surface area contributed by atoms with Gasteiger partial charge in [0, 0.05) is 6.42 Å². The summed E-state index contributed by atoms with van der Waals surface area (Å²) in [6, 6.07) is 0. The van der Waals surface area contributed by atoms with Crippen molar-refractivity contribution in [1.82, 2.24) is 0 Å². The lowest BCUT2D eigenvalue weighted by atomic mass is 9.47. The number of allylic oxidation sites excluding steroid dienone is 2. The molecule has 2 rings (SSSR count). The number of carbonyl (C=O) groups is 1. The van der Waals surface area contributed by atoms with E-state index < -0.39 is 0 Å². The number of carbonyl (C=O) groups excluding carboxylic acids is 1. The molecule has 0 saturated heterocycles. The molecule has 1 fully saturated rings. The highest BCUT2D eigenvalue weighted by molar-refractivity contribution is 5.91. The molecule has 1 saturated carbocycles. The molecule has 0 N–H and O–H groups in total. The first-order valence-electron chi connectivity index (χ1n) is 6.94. The van der Waals surface area contributed by atoms with E-state index in [1.807, 2.05) is 6.08 Å². The normalized spacial score (nSPS) is 39.5. The summed E-state index contributed by atoms with van der Waals surface area (Å²) in [5.41, 5.74) is 1.92. The molecule has 2 aliphatic carbocycles. The Labute approximate surface area is 106 Å². The van der Waals surface area contributed by atoms with E-state index in [-0.39, 0.29) is 5.41 Å². The molecule has 0 radical (unpaired) electrons. The van der Waals surface area contributed by atoms with Gasteiger partial charge >= 0.3 is 0 Å². The largest absolute Gasteiger partial charge is 0.295 e. The van der Waals surface area contributed by atoms with E-state index in [4.69, 9.17) is 0 Å². The van der Waals surface area contributed by atoms with Gasteiger partial charge in [0.15, 0.2) is 5.78 Å². The summed E-state index contributed by atoms with van der Waals surface area (Å²) < 4.78 is 0. The zero-order valence-corrected chi connectivity index (χ0v) is 12.1. The molecular weight excluding hydrogens is 208 g/mol. The highest BCUT2D eigenvalue weighted by Gasteiger charge is 2.52. The maximum atomic E-state index is 11.7. The quantitative estimate of drug-likeness (QED) is 0.613. The lowest BCUT2D eigenvalue weighted by Crippen LogP contribution is -2.50. The Kier molecular flexibility index (Phi) is 2.80. The highest BCUT2D eigenvalue weighted by atomic mass is 16.1. The summed E-state index contributed by atoms with van der Waals surface area (Å²) >= 11 is 0. The number of ketones is 1. The van der Waals surface area contributed by atoms with Crippen molar-refractivity contribution in [3.8, 4) is 0 Å². The molecule has 0 heterocycles. The molecule has 0 bridgehead atoms. The van der Waals surface area contributed by atoms with E-state index in [0.29, 0.717) is 29.0 Å². The fourth-order valence-corrected chi connectivity index (χ4v) is 4.05. The Morgan fingerprint density at radius 2 is 1.71 bits per heavy atom. The van der Waals surface area contributed by atoms with Gasteiger partial charge in [-0.3, -0.25) is 4.79 Å². The van der Waals surface area contributed by atoms with Gasteiger partial charge in [0.05, 0.1) is 0 Å². The van der Waals surface area contributed by atoms with Crippen LogP contribution in [-0.4, -0.2) is 5.78 Å². The standard InChI is InChI=1S/C16H26O/c1-10-11(2)16(5,6)14-9-12(17)7-8-13(14)15(10,3)4/h9-11,13H,7-8H2,1-6H3/t10-,11-,13?/m1/s1. The summed E-state index contributed by atoms with van der Waals surface area (Å²) in [7, 11) is 0. The van der Waals surface area contributed by atoms with E-state index in [2.05, 4.69) is 41.5 Å². The highest BCUT2D eigenvalue weighted by Crippen LogP contribution is 2.60. The molecule has 1 nitrogen and oxygen atoms in total. The topological polar surface area (TPSA) is 17.1 Å². The van der Waals surface area contributed by atoms with E-state index in [1.165, 1.54) is 5.57 Å². The van der Waals surface area contributed by atoms with Gasteiger partial charge in [-0.2, -0.15) is 0 Å². The van der Waals surface area contributed by atoms with Crippen LogP contribution in [0.2, 0.25) is 0 Å². The second-order valence-electron chi connectivity index (χ2n) is 7.28. The lowest BCUT2D eigenvalue weighted by molar-refractivity contribution is -0.116. The van der Waals surface area contributed by atoms with Gasteiger partial charge in [-0.1, -0.05) is 47.1 Å². The van der Waals surface area contributed by atoms with Crippen LogP contribution in [0.15, 0.2) is 11.6 Å². The van der Waals surface area contributed by atoms with Crippen molar-refractivity contribution in [1.29, 1.82) is 0 Å². The fourth-order valence-electron chi connectivity index (χ4n) is 4.05. The minimum absolute atomic E-state index is 0.176. The minimum Gasteiger partial charge on any atom is -0.295 e. The monoisotopic (exact) mass is 234 g/mol. The maximum Gasteiger partial charge on any atom is 0.155 e. The third kappa shape index (κ3) is 1.70. The second kappa shape index (κ2) is 3.70. The zero-order chi connectivity index (χ0) is 13.0. The molecule has 0 spiro atoms. The Morgan fingerprint density at radius 3 is 2.29 bits per heavy atom. The molecule has 96 valence electrons. The number of hydrogen-bond acceptors (Lipinski definition) is 1. The van der Waals surface area contributed by atoms with Crippen LogP contribution in [0.1, 0.15) is 54.4 Å². The van der Waals surface area contributed by atoms with Gasteiger partial charge in [-0.15, -0.1) is 0 Å². The fraction of sp³-hybridized carbons (Fsp3) is 0.812. The van der Waals surface area contributed by atoms with Gasteiger partial charge < -0.3 is 0 Å². The molecule has 1 heteroatoms. The molecule has 3 atom stereocenters. The molecular formula is C16H26O. The molecule has 0 aromatic carbocycles. The number of rotatable bonds is 0. The summed E-state index contributed by atoms with van der Waals surface area (Å²) in [4.78, 5) is 11.7. The van der Waals surface area contributed by atoms with E-state index >= 15 is 0 Å². The third-order valence-electron chi connectivity index (χ3n) is 6.08. The Hall–Kier alpha value is -0.590. The van der Waals surface area contributed by atoms with Crippen molar-refractivity contribution in [2.75, 3.05) is 0 Å². The predicted molar refractivity (Wildman–Crippen MR) is 71.7 cm³/mol. The van der Waals surface area contributed by atoms with Gasteiger partial charge in [-0.05, 0) is 41.1 Å². The third-order valence-corrected chi connectivity index (χ3v) is 6.08. The lowest BCUT2D eigenvalue weighted by Gasteiger charge is -2.57. The van der Waals surface area contributed by atoms with Crippen LogP contribution < -0.4 is 0 Å². The summed E-state index contributed by atoms with van der Waals surface area (Å²) in [6.45, 7) is 14.2. The zero-order valence-electron chi connectivity index (χ0n) is 12.1. The van der Waals surface area contributed by atoms with Gasteiger partial charge in [0.1, 0.15) is 0 Å². The number of hydrogen-bond donors (Lipinski definition) is 0. The SMILES string of the molecule is C[C@@H]1[C@@H](C)C(C)(C)C2CCC(=O)C=C2C1(C)C. The van der Waals surface area contributed by atoms with E-state index in [1.54, 1.807) is 0 Å². The second-order valence-corrected chi connectivity index (χ2v) is 7.28. The smallest absolute Gasteiger partial charge is 0.155 e. The van der Waals surface area contributed by atoms with Crippen molar-refractivity contribution >= 4 is 5.78 Å². The Morgan fingerprint density at radius 1 is 1.12 bits per heavy atom. The van der Waals surface area contributed by atoms with Crippen LogP contribution in [0, 0.1) is 28.6 Å². The number of fused-ring (bicyclic) bond motifs is 1. The molecule has 0 aliphatic heterocycles. The summed E-state index contributed by atoms with van der Waals surface area (Å²) in [5, 5.41) is 0.